The number of rotatable bonds is 3. The van der Waals surface area contributed by atoms with E-state index in [1.165, 1.54) is 6.07 Å². The van der Waals surface area contributed by atoms with Gasteiger partial charge in [-0.15, -0.1) is 0 Å². The Morgan fingerprint density at radius 1 is 1.00 bits per heavy atom. The molecule has 2 heterocycles. The van der Waals surface area contributed by atoms with E-state index in [4.69, 9.17) is 0 Å². The molecule has 1 atom stereocenters. The molecule has 2 aliphatic rings. The Hall–Kier alpha value is -2.89. The van der Waals surface area contributed by atoms with Crippen molar-refractivity contribution >= 4 is 23.2 Å². The minimum Gasteiger partial charge on any atom is -0.366 e. The van der Waals surface area contributed by atoms with E-state index in [0.717, 1.165) is 16.8 Å². The Kier molecular flexibility index (Phi) is 5.26. The third-order valence-corrected chi connectivity index (χ3v) is 5.90. The quantitative estimate of drug-likeness (QED) is 0.802. The SMILES string of the molecule is Cc1ccc(N2CC(C(=O)N3CCN(c4ccccc4F)CC3)CC2=O)c(C)c1. The molecule has 152 valence electrons. The van der Waals surface area contributed by atoms with Crippen LogP contribution in [0.4, 0.5) is 15.8 Å². The Morgan fingerprint density at radius 3 is 2.41 bits per heavy atom. The first-order valence-corrected chi connectivity index (χ1v) is 10.1. The van der Waals surface area contributed by atoms with Crippen LogP contribution >= 0.6 is 0 Å². The lowest BCUT2D eigenvalue weighted by Gasteiger charge is -2.37. The van der Waals surface area contributed by atoms with E-state index in [-0.39, 0.29) is 30.0 Å². The van der Waals surface area contributed by atoms with E-state index >= 15 is 0 Å². The first-order valence-electron chi connectivity index (χ1n) is 10.1. The number of para-hydroxylation sites is 1. The van der Waals surface area contributed by atoms with Gasteiger partial charge in [0.15, 0.2) is 0 Å². The molecule has 0 N–H and O–H groups in total. The number of carbonyl (C=O) groups is 2. The van der Waals surface area contributed by atoms with Gasteiger partial charge in [0, 0.05) is 44.8 Å². The lowest BCUT2D eigenvalue weighted by atomic mass is 10.1. The average molecular weight is 395 g/mol. The van der Waals surface area contributed by atoms with E-state index in [2.05, 4.69) is 6.07 Å². The summed E-state index contributed by atoms with van der Waals surface area (Å²) in [6.07, 6.45) is 0.250. The van der Waals surface area contributed by atoms with Crippen LogP contribution in [-0.2, 0) is 9.59 Å². The van der Waals surface area contributed by atoms with Gasteiger partial charge < -0.3 is 14.7 Å². The van der Waals surface area contributed by atoms with Crippen molar-refractivity contribution in [3.8, 4) is 0 Å². The first-order chi connectivity index (χ1) is 13.9. The Balaban J connectivity index is 1.39. The summed E-state index contributed by atoms with van der Waals surface area (Å²) in [7, 11) is 0. The summed E-state index contributed by atoms with van der Waals surface area (Å²) in [4.78, 5) is 31.2. The molecule has 2 aromatic rings. The second-order valence-corrected chi connectivity index (χ2v) is 7.96. The Bertz CT molecular complexity index is 937. The number of nitrogens with zero attached hydrogens (tertiary/aromatic N) is 3. The van der Waals surface area contributed by atoms with Gasteiger partial charge in [0.2, 0.25) is 11.8 Å². The molecular formula is C23H26FN3O2. The number of halogens is 1. The maximum absolute atomic E-state index is 14.0. The van der Waals surface area contributed by atoms with Crippen molar-refractivity contribution in [2.45, 2.75) is 20.3 Å². The van der Waals surface area contributed by atoms with Crippen LogP contribution in [0.5, 0.6) is 0 Å². The van der Waals surface area contributed by atoms with Gasteiger partial charge in [0.1, 0.15) is 5.82 Å². The summed E-state index contributed by atoms with van der Waals surface area (Å²) in [6.45, 7) is 6.71. The van der Waals surface area contributed by atoms with Gasteiger partial charge >= 0.3 is 0 Å². The van der Waals surface area contributed by atoms with Crippen LogP contribution in [0.1, 0.15) is 17.5 Å². The largest absolute Gasteiger partial charge is 0.366 e. The number of anilines is 2. The van der Waals surface area contributed by atoms with Crippen LogP contribution in [0.15, 0.2) is 42.5 Å². The summed E-state index contributed by atoms with van der Waals surface area (Å²) in [6, 6.07) is 12.7. The van der Waals surface area contributed by atoms with Crippen molar-refractivity contribution in [2.75, 3.05) is 42.5 Å². The van der Waals surface area contributed by atoms with Gasteiger partial charge in [0.05, 0.1) is 11.6 Å². The molecule has 0 spiro atoms. The third-order valence-electron chi connectivity index (χ3n) is 5.90. The van der Waals surface area contributed by atoms with Crippen LogP contribution < -0.4 is 9.80 Å². The summed E-state index contributed by atoms with van der Waals surface area (Å²) >= 11 is 0. The highest BCUT2D eigenvalue weighted by Gasteiger charge is 2.38. The predicted octanol–water partition coefficient (Wildman–Crippen LogP) is 3.14. The van der Waals surface area contributed by atoms with Crippen LogP contribution in [0, 0.1) is 25.6 Å². The molecule has 4 rings (SSSR count). The second kappa shape index (κ2) is 7.85. The van der Waals surface area contributed by atoms with E-state index in [1.807, 2.05) is 41.8 Å². The molecule has 2 amide bonds. The molecule has 29 heavy (non-hydrogen) atoms. The molecule has 0 radical (unpaired) electrons. The normalized spacial score (nSPS) is 19.8. The third kappa shape index (κ3) is 3.84. The zero-order valence-corrected chi connectivity index (χ0v) is 16.9. The number of hydrogen-bond donors (Lipinski definition) is 0. The monoisotopic (exact) mass is 395 g/mol. The van der Waals surface area contributed by atoms with Crippen LogP contribution in [0.2, 0.25) is 0 Å². The summed E-state index contributed by atoms with van der Waals surface area (Å²) in [5.41, 5.74) is 3.67. The number of hydrogen-bond acceptors (Lipinski definition) is 3. The lowest BCUT2D eigenvalue weighted by Crippen LogP contribution is -2.51. The summed E-state index contributed by atoms with van der Waals surface area (Å²) in [5, 5.41) is 0. The fourth-order valence-corrected chi connectivity index (χ4v) is 4.35. The maximum atomic E-state index is 14.0. The van der Waals surface area contributed by atoms with Crippen molar-refractivity contribution in [2.24, 2.45) is 5.92 Å². The maximum Gasteiger partial charge on any atom is 0.228 e. The van der Waals surface area contributed by atoms with Crippen molar-refractivity contribution in [1.82, 2.24) is 4.90 Å². The van der Waals surface area contributed by atoms with Crippen LogP contribution in [0.25, 0.3) is 0 Å². The van der Waals surface area contributed by atoms with Gasteiger partial charge in [-0.2, -0.15) is 0 Å². The number of benzene rings is 2. The molecule has 0 bridgehead atoms. The van der Waals surface area contributed by atoms with Crippen molar-refractivity contribution in [1.29, 1.82) is 0 Å². The van der Waals surface area contributed by atoms with Gasteiger partial charge in [-0.05, 0) is 37.6 Å². The molecule has 2 saturated heterocycles. The molecule has 1 unspecified atom stereocenters. The van der Waals surface area contributed by atoms with E-state index in [1.54, 1.807) is 17.0 Å². The van der Waals surface area contributed by atoms with E-state index in [0.29, 0.717) is 38.4 Å². The lowest BCUT2D eigenvalue weighted by molar-refractivity contribution is -0.136. The number of aryl methyl sites for hydroxylation is 2. The number of carbonyl (C=O) groups excluding carboxylic acids is 2. The topological polar surface area (TPSA) is 43.9 Å². The number of piperazine rings is 1. The zero-order valence-electron chi connectivity index (χ0n) is 16.9. The van der Waals surface area contributed by atoms with Gasteiger partial charge in [0.25, 0.3) is 0 Å². The minimum atomic E-state index is -0.316. The summed E-state index contributed by atoms with van der Waals surface area (Å²) in [5.74, 6) is -0.528. The molecule has 6 heteroatoms. The highest BCUT2D eigenvalue weighted by atomic mass is 19.1. The molecule has 0 aromatic heterocycles. The first kappa shape index (κ1) is 19.4. The predicted molar refractivity (Wildman–Crippen MR) is 112 cm³/mol. The molecule has 0 aliphatic carbocycles. The minimum absolute atomic E-state index is 0.000274. The highest BCUT2D eigenvalue weighted by Crippen LogP contribution is 2.30. The molecular weight excluding hydrogens is 369 g/mol. The second-order valence-electron chi connectivity index (χ2n) is 7.96. The molecule has 2 aromatic carbocycles. The van der Waals surface area contributed by atoms with Gasteiger partial charge in [-0.3, -0.25) is 9.59 Å². The van der Waals surface area contributed by atoms with Gasteiger partial charge in [-0.25, -0.2) is 4.39 Å². The highest BCUT2D eigenvalue weighted by molar-refractivity contribution is 6.00. The molecule has 2 aliphatic heterocycles. The van der Waals surface area contributed by atoms with Crippen molar-refractivity contribution in [3.05, 3.63) is 59.4 Å². The smallest absolute Gasteiger partial charge is 0.228 e. The average Bonchev–Trinajstić information content (AvgIpc) is 3.09. The van der Waals surface area contributed by atoms with E-state index in [9.17, 15) is 14.0 Å². The van der Waals surface area contributed by atoms with E-state index < -0.39 is 0 Å². The fourth-order valence-electron chi connectivity index (χ4n) is 4.35. The van der Waals surface area contributed by atoms with Crippen molar-refractivity contribution < 1.29 is 14.0 Å². The standard InChI is InChI=1S/C23H26FN3O2/c1-16-7-8-20(17(2)13-16)27-15-18(14-22(27)28)23(29)26-11-9-25(10-12-26)21-6-4-3-5-19(21)24/h3-8,13,18H,9-12,14-15H2,1-2H3. The summed E-state index contributed by atoms with van der Waals surface area (Å²) < 4.78 is 14.0. The van der Waals surface area contributed by atoms with Gasteiger partial charge in [-0.1, -0.05) is 29.8 Å². The molecule has 2 fully saturated rings. The Morgan fingerprint density at radius 2 is 1.72 bits per heavy atom. The van der Waals surface area contributed by atoms with Crippen LogP contribution in [0.3, 0.4) is 0 Å². The zero-order chi connectivity index (χ0) is 20.5. The van der Waals surface area contributed by atoms with Crippen molar-refractivity contribution in [3.63, 3.8) is 0 Å². The Labute approximate surface area is 170 Å². The fraction of sp³-hybridized carbons (Fsp3) is 0.391. The molecule has 5 nitrogen and oxygen atoms in total. The van der Waals surface area contributed by atoms with Crippen LogP contribution in [-0.4, -0.2) is 49.4 Å². The molecule has 0 saturated carbocycles. The number of amides is 2.